The zero-order valence-electron chi connectivity index (χ0n) is 9.28. The summed E-state index contributed by atoms with van der Waals surface area (Å²) in [6.07, 6.45) is -5.80. The summed E-state index contributed by atoms with van der Waals surface area (Å²) in [5.41, 5.74) is 0.573. The van der Waals surface area contributed by atoms with Gasteiger partial charge in [-0.25, -0.2) is 4.79 Å². The molecule has 0 radical (unpaired) electrons. The Hall–Kier alpha value is -1.76. The molecule has 1 rings (SSSR count). The van der Waals surface area contributed by atoms with Gasteiger partial charge in [0.15, 0.2) is 6.61 Å². The molecular formula is C11H12F3NO3. The van der Waals surface area contributed by atoms with Gasteiger partial charge in [0, 0.05) is 0 Å². The van der Waals surface area contributed by atoms with Gasteiger partial charge >= 0.3 is 12.3 Å². The highest BCUT2D eigenvalue weighted by Crippen LogP contribution is 2.15. The Morgan fingerprint density at radius 3 is 2.44 bits per heavy atom. The third-order valence-corrected chi connectivity index (χ3v) is 2.04. The monoisotopic (exact) mass is 263 g/mol. The summed E-state index contributed by atoms with van der Waals surface area (Å²) in [4.78, 5) is 11.1. The highest BCUT2D eigenvalue weighted by atomic mass is 19.4. The van der Waals surface area contributed by atoms with Crippen LogP contribution in [0.3, 0.4) is 0 Å². The molecule has 0 saturated carbocycles. The summed E-state index contributed by atoms with van der Waals surface area (Å²) in [5, 5.41) is 11.2. The van der Waals surface area contributed by atoms with E-state index in [2.05, 4.69) is 10.1 Å². The molecule has 0 fully saturated rings. The molecule has 0 aliphatic carbocycles. The molecule has 1 aromatic rings. The summed E-state index contributed by atoms with van der Waals surface area (Å²) in [7, 11) is 0. The number of halogens is 3. The van der Waals surface area contributed by atoms with Crippen molar-refractivity contribution >= 4 is 6.09 Å². The van der Waals surface area contributed by atoms with Gasteiger partial charge < -0.3 is 15.2 Å². The summed E-state index contributed by atoms with van der Waals surface area (Å²) >= 11 is 0. The Morgan fingerprint density at radius 2 is 1.94 bits per heavy atom. The Labute approximate surface area is 101 Å². The lowest BCUT2D eigenvalue weighted by molar-refractivity contribution is -0.160. The first kappa shape index (κ1) is 14.3. The van der Waals surface area contributed by atoms with E-state index in [0.29, 0.717) is 5.56 Å². The largest absolute Gasteiger partial charge is 0.440 e. The second-order valence-electron chi connectivity index (χ2n) is 3.48. The molecule has 0 aromatic heterocycles. The van der Waals surface area contributed by atoms with E-state index in [1.54, 1.807) is 30.3 Å². The average molecular weight is 263 g/mol. The summed E-state index contributed by atoms with van der Waals surface area (Å²) in [5.74, 6) is 0. The van der Waals surface area contributed by atoms with Gasteiger partial charge in [0.2, 0.25) is 0 Å². The van der Waals surface area contributed by atoms with Gasteiger partial charge in [-0.3, -0.25) is 0 Å². The minimum atomic E-state index is -4.57. The number of aliphatic hydroxyl groups is 1. The van der Waals surface area contributed by atoms with Crippen molar-refractivity contribution in [2.75, 3.05) is 13.2 Å². The fourth-order valence-electron chi connectivity index (χ4n) is 1.25. The number of carbonyl (C=O) groups excluding carboxylic acids is 1. The van der Waals surface area contributed by atoms with Crippen molar-refractivity contribution in [1.29, 1.82) is 0 Å². The highest BCUT2D eigenvalue weighted by Gasteiger charge is 2.30. The van der Waals surface area contributed by atoms with Gasteiger partial charge in [-0.1, -0.05) is 30.3 Å². The minimum Gasteiger partial charge on any atom is -0.440 e. The number of benzene rings is 1. The number of rotatable bonds is 4. The van der Waals surface area contributed by atoms with Crippen LogP contribution in [0.1, 0.15) is 11.6 Å². The van der Waals surface area contributed by atoms with E-state index in [-0.39, 0.29) is 0 Å². The van der Waals surface area contributed by atoms with E-state index >= 15 is 0 Å². The Bertz CT molecular complexity index is 381. The summed E-state index contributed by atoms with van der Waals surface area (Å²) < 4.78 is 39.4. The van der Waals surface area contributed by atoms with Gasteiger partial charge in [0.1, 0.15) is 0 Å². The van der Waals surface area contributed by atoms with Gasteiger partial charge in [0.25, 0.3) is 0 Å². The molecule has 0 heterocycles. The first-order valence-corrected chi connectivity index (χ1v) is 5.08. The van der Waals surface area contributed by atoms with Crippen molar-refractivity contribution in [3.8, 4) is 0 Å². The third kappa shape index (κ3) is 5.05. The van der Waals surface area contributed by atoms with Crippen LogP contribution in [0.4, 0.5) is 18.0 Å². The second-order valence-corrected chi connectivity index (χ2v) is 3.48. The number of alkyl carbamates (subject to hydrolysis) is 1. The zero-order valence-corrected chi connectivity index (χ0v) is 9.28. The van der Waals surface area contributed by atoms with Crippen molar-refractivity contribution in [1.82, 2.24) is 5.32 Å². The van der Waals surface area contributed by atoms with E-state index in [1.165, 1.54) is 0 Å². The first-order valence-electron chi connectivity index (χ1n) is 5.08. The van der Waals surface area contributed by atoms with Crippen molar-refractivity contribution in [2.24, 2.45) is 0 Å². The summed E-state index contributed by atoms with van der Waals surface area (Å²) in [6, 6.07) is 7.56. The Balaban J connectivity index is 2.51. The molecule has 1 atom stereocenters. The maximum Gasteiger partial charge on any atom is 0.422 e. The fraction of sp³-hybridized carbons (Fsp3) is 0.364. The van der Waals surface area contributed by atoms with Crippen LogP contribution in [0, 0.1) is 0 Å². The average Bonchev–Trinajstić information content (AvgIpc) is 2.33. The van der Waals surface area contributed by atoms with E-state index in [9.17, 15) is 18.0 Å². The molecule has 0 saturated heterocycles. The molecular weight excluding hydrogens is 251 g/mol. The van der Waals surface area contributed by atoms with Crippen molar-refractivity contribution in [3.63, 3.8) is 0 Å². The molecule has 100 valence electrons. The molecule has 0 spiro atoms. The lowest BCUT2D eigenvalue weighted by Gasteiger charge is -2.17. The van der Waals surface area contributed by atoms with Crippen molar-refractivity contribution in [3.05, 3.63) is 35.9 Å². The van der Waals surface area contributed by atoms with E-state index in [4.69, 9.17) is 5.11 Å². The van der Waals surface area contributed by atoms with Crippen LogP contribution in [0.15, 0.2) is 30.3 Å². The number of amides is 1. The molecule has 0 aliphatic heterocycles. The maximum absolute atomic E-state index is 11.8. The molecule has 0 aliphatic rings. The molecule has 2 N–H and O–H groups in total. The Kier molecular flexibility index (Phi) is 4.96. The van der Waals surface area contributed by atoms with Crippen LogP contribution in [-0.2, 0) is 4.74 Å². The predicted octanol–water partition coefficient (Wildman–Crippen LogP) is 2.01. The van der Waals surface area contributed by atoms with E-state index in [1.807, 2.05) is 0 Å². The SMILES string of the molecule is O=C(NC(CO)c1ccccc1)OCC(F)(F)F. The normalized spacial score (nSPS) is 12.9. The van der Waals surface area contributed by atoms with Gasteiger partial charge in [-0.05, 0) is 5.56 Å². The lowest BCUT2D eigenvalue weighted by Crippen LogP contribution is -2.33. The summed E-state index contributed by atoms with van der Waals surface area (Å²) in [6.45, 7) is -2.10. The molecule has 0 bridgehead atoms. The first-order chi connectivity index (χ1) is 8.42. The number of hydrogen-bond acceptors (Lipinski definition) is 3. The van der Waals surface area contributed by atoms with Gasteiger partial charge in [0.05, 0.1) is 12.6 Å². The molecule has 1 amide bonds. The van der Waals surface area contributed by atoms with Gasteiger partial charge in [-0.2, -0.15) is 13.2 Å². The third-order valence-electron chi connectivity index (χ3n) is 2.04. The highest BCUT2D eigenvalue weighted by molar-refractivity contribution is 5.67. The smallest absolute Gasteiger partial charge is 0.422 e. The van der Waals surface area contributed by atoms with E-state index < -0.39 is 31.5 Å². The molecule has 1 aromatic carbocycles. The fourth-order valence-corrected chi connectivity index (χ4v) is 1.25. The predicted molar refractivity (Wildman–Crippen MR) is 56.8 cm³/mol. The van der Waals surface area contributed by atoms with Crippen LogP contribution < -0.4 is 5.32 Å². The molecule has 1 unspecified atom stereocenters. The van der Waals surface area contributed by atoms with Crippen molar-refractivity contribution < 1.29 is 27.8 Å². The lowest BCUT2D eigenvalue weighted by atomic mass is 10.1. The minimum absolute atomic E-state index is 0.439. The zero-order chi connectivity index (χ0) is 13.6. The number of alkyl halides is 3. The number of nitrogens with one attached hydrogen (secondary N) is 1. The van der Waals surface area contributed by atoms with Crippen LogP contribution in [-0.4, -0.2) is 30.6 Å². The van der Waals surface area contributed by atoms with Crippen LogP contribution in [0.25, 0.3) is 0 Å². The number of carbonyl (C=O) groups is 1. The maximum atomic E-state index is 11.8. The van der Waals surface area contributed by atoms with Gasteiger partial charge in [-0.15, -0.1) is 0 Å². The number of hydrogen-bond donors (Lipinski definition) is 2. The topological polar surface area (TPSA) is 58.6 Å². The van der Waals surface area contributed by atoms with Crippen molar-refractivity contribution in [2.45, 2.75) is 12.2 Å². The molecule has 7 heteroatoms. The van der Waals surface area contributed by atoms with Crippen LogP contribution in [0.5, 0.6) is 0 Å². The standard InChI is InChI=1S/C11H12F3NO3/c12-11(13,14)7-18-10(17)15-9(6-16)8-4-2-1-3-5-8/h1-5,9,16H,6-7H2,(H,15,17). The van der Waals surface area contributed by atoms with Crippen LogP contribution >= 0.6 is 0 Å². The quantitative estimate of drug-likeness (QED) is 0.873. The molecule has 4 nitrogen and oxygen atoms in total. The number of ether oxygens (including phenoxy) is 1. The molecule has 18 heavy (non-hydrogen) atoms. The van der Waals surface area contributed by atoms with E-state index in [0.717, 1.165) is 0 Å². The Morgan fingerprint density at radius 1 is 1.33 bits per heavy atom. The van der Waals surface area contributed by atoms with Crippen LogP contribution in [0.2, 0.25) is 0 Å². The second kappa shape index (κ2) is 6.25. The number of aliphatic hydroxyl groups excluding tert-OH is 1.